The van der Waals surface area contributed by atoms with Gasteiger partial charge in [0.2, 0.25) is 0 Å². The number of rotatable bonds is 9. The van der Waals surface area contributed by atoms with E-state index in [-0.39, 0.29) is 0 Å². The smallest absolute Gasteiger partial charge is 0.0724 e. The van der Waals surface area contributed by atoms with E-state index in [1.54, 1.807) is 0 Å². The summed E-state index contributed by atoms with van der Waals surface area (Å²) in [6, 6.07) is 0.611. The van der Waals surface area contributed by atoms with Crippen molar-refractivity contribution in [1.29, 1.82) is 0 Å². The Morgan fingerprint density at radius 2 is 1.78 bits per heavy atom. The number of ether oxygens (including phenoxy) is 1. The third-order valence-corrected chi connectivity index (χ3v) is 4.12. The van der Waals surface area contributed by atoms with Gasteiger partial charge in [-0.3, -0.25) is 0 Å². The molecule has 2 atom stereocenters. The maximum absolute atomic E-state index is 5.56. The third kappa shape index (κ3) is 6.75. The largest absolute Gasteiger partial charge is 0.380 e. The van der Waals surface area contributed by atoms with Crippen LogP contribution in [0.25, 0.3) is 0 Å². The SMILES string of the molecule is COC1CCCCC1NCCCCCCC(C)C. The van der Waals surface area contributed by atoms with Crippen LogP contribution in [0.4, 0.5) is 0 Å². The Morgan fingerprint density at radius 3 is 2.50 bits per heavy atom. The molecule has 18 heavy (non-hydrogen) atoms. The third-order valence-electron chi connectivity index (χ3n) is 4.12. The normalized spacial score (nSPS) is 24.7. The molecule has 0 spiro atoms. The Hall–Kier alpha value is -0.0800. The molecule has 1 rings (SSSR count). The van der Waals surface area contributed by atoms with Crippen molar-refractivity contribution < 1.29 is 4.74 Å². The highest BCUT2D eigenvalue weighted by atomic mass is 16.5. The second kappa shape index (κ2) is 9.80. The van der Waals surface area contributed by atoms with Crippen LogP contribution in [0.5, 0.6) is 0 Å². The van der Waals surface area contributed by atoms with E-state index in [0.29, 0.717) is 12.1 Å². The number of methoxy groups -OCH3 is 1. The average Bonchev–Trinajstić information content (AvgIpc) is 2.37. The molecule has 0 aromatic rings. The van der Waals surface area contributed by atoms with E-state index in [1.165, 1.54) is 64.3 Å². The van der Waals surface area contributed by atoms with Crippen molar-refractivity contribution in [3.05, 3.63) is 0 Å². The lowest BCUT2D eigenvalue weighted by molar-refractivity contribution is 0.0418. The van der Waals surface area contributed by atoms with Gasteiger partial charge in [-0.05, 0) is 31.7 Å². The molecule has 1 aliphatic carbocycles. The molecule has 1 aliphatic rings. The summed E-state index contributed by atoms with van der Waals surface area (Å²) in [5.41, 5.74) is 0. The van der Waals surface area contributed by atoms with Crippen LogP contribution in [0.2, 0.25) is 0 Å². The van der Waals surface area contributed by atoms with Crippen LogP contribution >= 0.6 is 0 Å². The second-order valence-corrected chi connectivity index (χ2v) is 6.22. The molecule has 0 aromatic carbocycles. The summed E-state index contributed by atoms with van der Waals surface area (Å²) in [7, 11) is 1.86. The highest BCUT2D eigenvalue weighted by Gasteiger charge is 2.23. The minimum Gasteiger partial charge on any atom is -0.380 e. The van der Waals surface area contributed by atoms with Gasteiger partial charge in [0.05, 0.1) is 6.10 Å². The van der Waals surface area contributed by atoms with Gasteiger partial charge in [0.1, 0.15) is 0 Å². The minimum atomic E-state index is 0.458. The maximum Gasteiger partial charge on any atom is 0.0724 e. The van der Waals surface area contributed by atoms with Crippen molar-refractivity contribution >= 4 is 0 Å². The molecule has 0 bridgehead atoms. The zero-order chi connectivity index (χ0) is 13.2. The van der Waals surface area contributed by atoms with Crippen LogP contribution in [-0.4, -0.2) is 25.8 Å². The van der Waals surface area contributed by atoms with Crippen LogP contribution in [0.15, 0.2) is 0 Å². The van der Waals surface area contributed by atoms with Gasteiger partial charge in [0.15, 0.2) is 0 Å². The Bertz CT molecular complexity index is 194. The van der Waals surface area contributed by atoms with Gasteiger partial charge in [-0.25, -0.2) is 0 Å². The van der Waals surface area contributed by atoms with Crippen LogP contribution in [0.1, 0.15) is 71.6 Å². The highest BCUT2D eigenvalue weighted by Crippen LogP contribution is 2.20. The molecule has 2 heteroatoms. The number of unbranched alkanes of at least 4 members (excludes halogenated alkanes) is 3. The Labute approximate surface area is 114 Å². The van der Waals surface area contributed by atoms with E-state index in [1.807, 2.05) is 7.11 Å². The quantitative estimate of drug-likeness (QED) is 0.625. The van der Waals surface area contributed by atoms with E-state index in [0.717, 1.165) is 5.92 Å². The van der Waals surface area contributed by atoms with Crippen molar-refractivity contribution in [3.8, 4) is 0 Å². The molecule has 0 aromatic heterocycles. The zero-order valence-corrected chi connectivity index (χ0v) is 12.7. The van der Waals surface area contributed by atoms with Crippen molar-refractivity contribution in [2.24, 2.45) is 5.92 Å². The fraction of sp³-hybridized carbons (Fsp3) is 1.00. The topological polar surface area (TPSA) is 21.3 Å². The van der Waals surface area contributed by atoms with Crippen LogP contribution in [0, 0.1) is 5.92 Å². The van der Waals surface area contributed by atoms with Crippen LogP contribution in [-0.2, 0) is 4.74 Å². The molecule has 0 heterocycles. The molecule has 2 unspecified atom stereocenters. The minimum absolute atomic E-state index is 0.458. The fourth-order valence-electron chi connectivity index (χ4n) is 2.93. The summed E-state index contributed by atoms with van der Waals surface area (Å²) in [6.07, 6.45) is 12.6. The highest BCUT2D eigenvalue weighted by molar-refractivity contribution is 4.81. The van der Waals surface area contributed by atoms with Gasteiger partial charge in [-0.15, -0.1) is 0 Å². The van der Waals surface area contributed by atoms with Gasteiger partial charge >= 0.3 is 0 Å². The summed E-state index contributed by atoms with van der Waals surface area (Å²) in [4.78, 5) is 0. The molecule has 0 amide bonds. The first kappa shape index (κ1) is 16.0. The first-order valence-corrected chi connectivity index (χ1v) is 8.00. The van der Waals surface area contributed by atoms with Crippen LogP contribution < -0.4 is 5.32 Å². The van der Waals surface area contributed by atoms with Gasteiger partial charge in [0.25, 0.3) is 0 Å². The Kier molecular flexibility index (Phi) is 8.70. The van der Waals surface area contributed by atoms with Crippen molar-refractivity contribution in [2.75, 3.05) is 13.7 Å². The average molecular weight is 255 g/mol. The lowest BCUT2D eigenvalue weighted by Gasteiger charge is -2.31. The Balaban J connectivity index is 1.96. The lowest BCUT2D eigenvalue weighted by atomic mass is 9.92. The number of hydrogen-bond acceptors (Lipinski definition) is 2. The molecule has 0 radical (unpaired) electrons. The molecule has 1 saturated carbocycles. The summed E-state index contributed by atoms with van der Waals surface area (Å²) in [5.74, 6) is 0.868. The van der Waals surface area contributed by atoms with Gasteiger partial charge in [0, 0.05) is 13.2 Å². The van der Waals surface area contributed by atoms with Crippen molar-refractivity contribution in [2.45, 2.75) is 83.8 Å². The van der Waals surface area contributed by atoms with E-state index >= 15 is 0 Å². The first-order chi connectivity index (χ1) is 8.74. The first-order valence-electron chi connectivity index (χ1n) is 8.00. The Morgan fingerprint density at radius 1 is 1.06 bits per heavy atom. The van der Waals surface area contributed by atoms with Gasteiger partial charge in [-0.2, -0.15) is 0 Å². The molecule has 2 nitrogen and oxygen atoms in total. The van der Waals surface area contributed by atoms with Crippen LogP contribution in [0.3, 0.4) is 0 Å². The summed E-state index contributed by atoms with van der Waals surface area (Å²) in [5, 5.41) is 3.70. The van der Waals surface area contributed by atoms with Gasteiger partial charge in [-0.1, -0.05) is 52.4 Å². The lowest BCUT2D eigenvalue weighted by Crippen LogP contribution is -2.43. The molecule has 0 saturated heterocycles. The molecule has 1 N–H and O–H groups in total. The summed E-state index contributed by atoms with van der Waals surface area (Å²) in [6.45, 7) is 5.80. The fourth-order valence-corrected chi connectivity index (χ4v) is 2.93. The molecule has 108 valence electrons. The molecule has 0 aliphatic heterocycles. The number of hydrogen-bond donors (Lipinski definition) is 1. The number of nitrogens with one attached hydrogen (secondary N) is 1. The molecular weight excluding hydrogens is 222 g/mol. The second-order valence-electron chi connectivity index (χ2n) is 6.22. The van der Waals surface area contributed by atoms with E-state index < -0.39 is 0 Å². The van der Waals surface area contributed by atoms with Gasteiger partial charge < -0.3 is 10.1 Å². The van der Waals surface area contributed by atoms with E-state index in [4.69, 9.17) is 4.74 Å². The predicted octanol–water partition coefficient (Wildman–Crippen LogP) is 4.14. The summed E-state index contributed by atoms with van der Waals surface area (Å²) >= 11 is 0. The van der Waals surface area contributed by atoms with E-state index in [2.05, 4.69) is 19.2 Å². The predicted molar refractivity (Wildman–Crippen MR) is 79.0 cm³/mol. The monoisotopic (exact) mass is 255 g/mol. The van der Waals surface area contributed by atoms with Crippen molar-refractivity contribution in [3.63, 3.8) is 0 Å². The summed E-state index contributed by atoms with van der Waals surface area (Å²) < 4.78 is 5.56. The molecule has 1 fully saturated rings. The molecular formula is C16H33NO. The van der Waals surface area contributed by atoms with Crippen molar-refractivity contribution in [1.82, 2.24) is 5.32 Å². The van der Waals surface area contributed by atoms with E-state index in [9.17, 15) is 0 Å². The standard InChI is InChI=1S/C16H33NO/c1-14(2)10-6-4-5-9-13-17-15-11-7-8-12-16(15)18-3/h14-17H,4-13H2,1-3H3. The maximum atomic E-state index is 5.56. The zero-order valence-electron chi connectivity index (χ0n) is 12.7.